The summed E-state index contributed by atoms with van der Waals surface area (Å²) < 4.78 is 5.00. The Morgan fingerprint density at radius 3 is 3.09 bits per heavy atom. The molecule has 1 unspecified atom stereocenters. The van der Waals surface area contributed by atoms with Crippen molar-refractivity contribution >= 4 is 5.97 Å². The Balaban J connectivity index is 2.59. The Labute approximate surface area is 64.5 Å². The molecule has 4 N–H and O–H groups in total. The highest BCUT2D eigenvalue weighted by Crippen LogP contribution is 2.02. The Bertz CT molecular complexity index is 152. The van der Waals surface area contributed by atoms with E-state index in [1.54, 1.807) is 0 Å². The molecule has 1 atom stereocenters. The van der Waals surface area contributed by atoms with Crippen molar-refractivity contribution in [1.82, 2.24) is 5.32 Å². The van der Waals surface area contributed by atoms with Gasteiger partial charge in [0.25, 0.3) is 0 Å². The molecule has 1 heterocycles. The van der Waals surface area contributed by atoms with E-state index < -0.39 is 11.5 Å². The Morgan fingerprint density at radius 1 is 1.73 bits per heavy atom. The van der Waals surface area contributed by atoms with Gasteiger partial charge in [0.2, 0.25) is 0 Å². The van der Waals surface area contributed by atoms with Gasteiger partial charge in [-0.05, 0) is 0 Å². The molecule has 64 valence electrons. The van der Waals surface area contributed by atoms with Gasteiger partial charge in [-0.15, -0.1) is 0 Å². The minimum absolute atomic E-state index is 0.0787. The number of ether oxygens (including phenoxy) is 1. The van der Waals surface area contributed by atoms with Crippen LogP contribution in [-0.4, -0.2) is 42.9 Å². The molecule has 0 saturated carbocycles. The smallest absolute Gasteiger partial charge is 0.327 e. The average molecular weight is 160 g/mol. The van der Waals surface area contributed by atoms with Crippen molar-refractivity contribution in [2.45, 2.75) is 5.54 Å². The van der Waals surface area contributed by atoms with Crippen molar-refractivity contribution in [2.75, 3.05) is 26.3 Å². The van der Waals surface area contributed by atoms with Crippen LogP contribution in [-0.2, 0) is 9.53 Å². The Morgan fingerprint density at radius 2 is 2.45 bits per heavy atom. The van der Waals surface area contributed by atoms with Crippen LogP contribution in [0.4, 0.5) is 0 Å². The lowest BCUT2D eigenvalue weighted by Gasteiger charge is -2.20. The molecule has 1 fully saturated rings. The second kappa shape index (κ2) is 3.17. The van der Waals surface area contributed by atoms with E-state index in [2.05, 4.69) is 5.32 Å². The van der Waals surface area contributed by atoms with Crippen molar-refractivity contribution < 1.29 is 14.6 Å². The highest BCUT2D eigenvalue weighted by atomic mass is 16.5. The van der Waals surface area contributed by atoms with Crippen LogP contribution in [0.15, 0.2) is 0 Å². The molecular formula is C6H12N2O3. The van der Waals surface area contributed by atoms with E-state index in [1.165, 1.54) is 0 Å². The highest BCUT2D eigenvalue weighted by molar-refractivity contribution is 5.79. The van der Waals surface area contributed by atoms with Gasteiger partial charge in [0, 0.05) is 13.1 Å². The van der Waals surface area contributed by atoms with Gasteiger partial charge in [-0.2, -0.15) is 0 Å². The molecular weight excluding hydrogens is 148 g/mol. The molecule has 1 aliphatic rings. The predicted octanol–water partition coefficient (Wildman–Crippen LogP) is -1.61. The lowest BCUT2D eigenvalue weighted by Crippen LogP contribution is -2.57. The van der Waals surface area contributed by atoms with Crippen LogP contribution in [0, 0.1) is 0 Å². The van der Waals surface area contributed by atoms with Gasteiger partial charge >= 0.3 is 5.97 Å². The summed E-state index contributed by atoms with van der Waals surface area (Å²) in [7, 11) is 0. The Kier molecular flexibility index (Phi) is 2.43. The number of hydrogen-bond donors (Lipinski definition) is 3. The first-order valence-electron chi connectivity index (χ1n) is 3.46. The number of nitrogens with one attached hydrogen (secondary N) is 1. The summed E-state index contributed by atoms with van der Waals surface area (Å²) in [5.41, 5.74) is 4.26. The summed E-state index contributed by atoms with van der Waals surface area (Å²) in [6.45, 7) is 1.52. The minimum Gasteiger partial charge on any atom is -0.480 e. The molecule has 0 radical (unpaired) electrons. The van der Waals surface area contributed by atoms with Gasteiger partial charge in [0.05, 0.1) is 13.2 Å². The van der Waals surface area contributed by atoms with E-state index in [-0.39, 0.29) is 13.2 Å². The predicted molar refractivity (Wildman–Crippen MR) is 38.2 cm³/mol. The fraction of sp³-hybridized carbons (Fsp3) is 0.833. The number of carboxylic acid groups (broad SMARTS) is 1. The molecule has 1 saturated heterocycles. The third-order valence-electron chi connectivity index (χ3n) is 1.65. The molecule has 0 aromatic heterocycles. The molecule has 0 spiro atoms. The first-order valence-corrected chi connectivity index (χ1v) is 3.46. The largest absolute Gasteiger partial charge is 0.480 e. The molecule has 0 bridgehead atoms. The maximum Gasteiger partial charge on any atom is 0.327 e. The van der Waals surface area contributed by atoms with Crippen LogP contribution in [0.2, 0.25) is 0 Å². The SMILES string of the molecule is NC1(C(=O)O)CNCCOC1. The fourth-order valence-electron chi connectivity index (χ4n) is 0.898. The summed E-state index contributed by atoms with van der Waals surface area (Å²) in [4.78, 5) is 10.6. The summed E-state index contributed by atoms with van der Waals surface area (Å²) in [6, 6.07) is 0. The maximum atomic E-state index is 10.6. The van der Waals surface area contributed by atoms with Crippen LogP contribution in [0.3, 0.4) is 0 Å². The van der Waals surface area contributed by atoms with Crippen LogP contribution in [0.5, 0.6) is 0 Å². The highest BCUT2D eigenvalue weighted by Gasteiger charge is 2.35. The molecule has 0 aromatic rings. The number of carbonyl (C=O) groups is 1. The van der Waals surface area contributed by atoms with Crippen molar-refractivity contribution in [3.63, 3.8) is 0 Å². The van der Waals surface area contributed by atoms with Gasteiger partial charge in [-0.3, -0.25) is 4.79 Å². The van der Waals surface area contributed by atoms with Crippen LogP contribution in [0.25, 0.3) is 0 Å². The molecule has 5 nitrogen and oxygen atoms in total. The van der Waals surface area contributed by atoms with Gasteiger partial charge < -0.3 is 20.9 Å². The van der Waals surface area contributed by atoms with Crippen LogP contribution >= 0.6 is 0 Å². The number of aliphatic carboxylic acids is 1. The lowest BCUT2D eigenvalue weighted by molar-refractivity contribution is -0.145. The topological polar surface area (TPSA) is 84.6 Å². The van der Waals surface area contributed by atoms with Gasteiger partial charge in [0.15, 0.2) is 5.54 Å². The third kappa shape index (κ3) is 1.89. The first kappa shape index (κ1) is 8.45. The van der Waals surface area contributed by atoms with Crippen molar-refractivity contribution in [3.05, 3.63) is 0 Å². The van der Waals surface area contributed by atoms with Gasteiger partial charge in [0.1, 0.15) is 0 Å². The van der Waals surface area contributed by atoms with E-state index in [0.717, 1.165) is 0 Å². The number of carboxylic acids is 1. The monoisotopic (exact) mass is 160 g/mol. The summed E-state index contributed by atoms with van der Waals surface area (Å²) >= 11 is 0. The van der Waals surface area contributed by atoms with E-state index in [0.29, 0.717) is 13.2 Å². The normalized spacial score (nSPS) is 32.8. The van der Waals surface area contributed by atoms with E-state index in [9.17, 15) is 4.79 Å². The first-order chi connectivity index (χ1) is 5.15. The van der Waals surface area contributed by atoms with Crippen molar-refractivity contribution in [3.8, 4) is 0 Å². The zero-order chi connectivity index (χ0) is 8.32. The molecule has 1 aliphatic heterocycles. The number of nitrogens with two attached hydrogens (primary N) is 1. The van der Waals surface area contributed by atoms with E-state index >= 15 is 0 Å². The molecule has 0 amide bonds. The van der Waals surface area contributed by atoms with E-state index in [1.807, 2.05) is 0 Å². The second-order valence-corrected chi connectivity index (χ2v) is 2.69. The summed E-state index contributed by atoms with van der Waals surface area (Å²) in [5, 5.41) is 11.6. The second-order valence-electron chi connectivity index (χ2n) is 2.69. The Hall–Kier alpha value is -0.650. The quantitative estimate of drug-likeness (QED) is 0.429. The molecule has 0 aliphatic carbocycles. The van der Waals surface area contributed by atoms with Crippen LogP contribution in [0.1, 0.15) is 0 Å². The standard InChI is InChI=1S/C6H12N2O3/c7-6(5(9)10)3-8-1-2-11-4-6/h8H,1-4,7H2,(H,9,10). The molecule has 11 heavy (non-hydrogen) atoms. The molecule has 0 aromatic carbocycles. The molecule has 5 heteroatoms. The number of hydrogen-bond acceptors (Lipinski definition) is 4. The van der Waals surface area contributed by atoms with Gasteiger partial charge in [-0.25, -0.2) is 0 Å². The molecule has 1 rings (SSSR count). The fourth-order valence-corrected chi connectivity index (χ4v) is 0.898. The zero-order valence-electron chi connectivity index (χ0n) is 6.17. The maximum absolute atomic E-state index is 10.6. The zero-order valence-corrected chi connectivity index (χ0v) is 6.17. The average Bonchev–Trinajstić information content (AvgIpc) is 2.15. The number of rotatable bonds is 1. The minimum atomic E-state index is -1.25. The summed E-state index contributed by atoms with van der Waals surface area (Å²) in [5.74, 6) is -1.02. The van der Waals surface area contributed by atoms with Crippen LogP contribution < -0.4 is 11.1 Å². The third-order valence-corrected chi connectivity index (χ3v) is 1.65. The van der Waals surface area contributed by atoms with Crippen molar-refractivity contribution in [1.29, 1.82) is 0 Å². The van der Waals surface area contributed by atoms with E-state index in [4.69, 9.17) is 15.6 Å². The van der Waals surface area contributed by atoms with Crippen molar-refractivity contribution in [2.24, 2.45) is 5.73 Å². The van der Waals surface area contributed by atoms with Gasteiger partial charge in [-0.1, -0.05) is 0 Å². The summed E-state index contributed by atoms with van der Waals surface area (Å²) in [6.07, 6.45) is 0. The lowest BCUT2D eigenvalue weighted by atomic mass is 10.0.